The molecule has 3 nitrogen and oxygen atoms in total. The largest absolute Gasteiger partial charge is 0.460 e. The molecule has 0 atom stereocenters. The van der Waals surface area contributed by atoms with E-state index in [4.69, 9.17) is 4.42 Å². The first-order valence-corrected chi connectivity index (χ1v) is 5.83. The number of benzene rings is 1. The summed E-state index contributed by atoms with van der Waals surface area (Å²) in [5.74, 6) is 0.0889. The number of hydrogen-bond acceptors (Lipinski definition) is 3. The summed E-state index contributed by atoms with van der Waals surface area (Å²) >= 11 is 0. The molecule has 0 unspecified atom stereocenters. The van der Waals surface area contributed by atoms with Gasteiger partial charge in [-0.15, -0.1) is 0 Å². The van der Waals surface area contributed by atoms with Gasteiger partial charge in [0.25, 0.3) is 0 Å². The zero-order valence-electron chi connectivity index (χ0n) is 9.97. The first-order chi connectivity index (χ1) is 9.22. The fourth-order valence-corrected chi connectivity index (χ4v) is 1.97. The van der Waals surface area contributed by atoms with E-state index in [1.165, 1.54) is 24.3 Å². The Kier molecular flexibility index (Phi) is 2.83. The van der Waals surface area contributed by atoms with E-state index in [1.807, 2.05) is 12.1 Å². The fourth-order valence-electron chi connectivity index (χ4n) is 1.97. The second-order valence-corrected chi connectivity index (χ2v) is 4.25. The van der Waals surface area contributed by atoms with Gasteiger partial charge >= 0.3 is 0 Å². The molecule has 0 fully saturated rings. The molecule has 1 aromatic carbocycles. The van der Waals surface area contributed by atoms with Crippen LogP contribution in [0.5, 0.6) is 0 Å². The Hall–Kier alpha value is -2.49. The summed E-state index contributed by atoms with van der Waals surface area (Å²) in [4.78, 5) is 15.8. The van der Waals surface area contributed by atoms with Gasteiger partial charge in [0.2, 0.25) is 0 Å². The Bertz CT molecular complexity index is 781. The number of aromatic nitrogens is 1. The quantitative estimate of drug-likeness (QED) is 0.707. The van der Waals surface area contributed by atoms with E-state index in [9.17, 15) is 9.18 Å². The number of pyridine rings is 1. The molecule has 0 radical (unpaired) electrons. The smallest absolute Gasteiger partial charge is 0.192 e. The zero-order valence-corrected chi connectivity index (χ0v) is 9.97. The van der Waals surface area contributed by atoms with Crippen LogP contribution in [0, 0.1) is 5.82 Å². The van der Waals surface area contributed by atoms with Gasteiger partial charge < -0.3 is 4.42 Å². The Morgan fingerprint density at radius 1 is 1.11 bits per heavy atom. The maximum Gasteiger partial charge on any atom is 0.192 e. The van der Waals surface area contributed by atoms with Crippen LogP contribution >= 0.6 is 0 Å². The van der Waals surface area contributed by atoms with Crippen molar-refractivity contribution in [1.82, 2.24) is 4.98 Å². The normalized spacial score (nSPS) is 10.8. The van der Waals surface area contributed by atoms with Gasteiger partial charge in [-0.25, -0.2) is 4.39 Å². The van der Waals surface area contributed by atoms with E-state index in [1.54, 1.807) is 12.4 Å². The first kappa shape index (κ1) is 11.6. The van der Waals surface area contributed by atoms with Crippen molar-refractivity contribution in [3.8, 4) is 0 Å². The number of halogens is 1. The Labute approximate surface area is 108 Å². The summed E-state index contributed by atoms with van der Waals surface area (Å²) < 4.78 is 18.7. The van der Waals surface area contributed by atoms with Crippen molar-refractivity contribution in [1.29, 1.82) is 0 Å². The predicted octanol–water partition coefficient (Wildman–Crippen LogP) is 2.92. The average Bonchev–Trinajstić information content (AvgIpc) is 2.39. The molecule has 0 N–H and O–H groups in total. The number of nitrogens with zero attached hydrogens (tertiary/aromatic N) is 1. The van der Waals surface area contributed by atoms with Crippen LogP contribution in [-0.2, 0) is 6.42 Å². The molecule has 0 saturated heterocycles. The summed E-state index contributed by atoms with van der Waals surface area (Å²) in [5, 5.41) is 0.389. The summed E-state index contributed by atoms with van der Waals surface area (Å²) in [7, 11) is 0. The third-order valence-electron chi connectivity index (χ3n) is 2.87. The SMILES string of the molecule is O=c1cc(Cc2ccncc2)oc2cc(F)ccc12. The number of hydrogen-bond donors (Lipinski definition) is 0. The van der Waals surface area contributed by atoms with Crippen LogP contribution in [0.25, 0.3) is 11.0 Å². The fraction of sp³-hybridized carbons (Fsp3) is 0.0667. The average molecular weight is 255 g/mol. The third-order valence-corrected chi connectivity index (χ3v) is 2.87. The van der Waals surface area contributed by atoms with Crippen LogP contribution in [0.1, 0.15) is 11.3 Å². The molecule has 0 aliphatic carbocycles. The van der Waals surface area contributed by atoms with Crippen molar-refractivity contribution < 1.29 is 8.81 Å². The molecule has 4 heteroatoms. The van der Waals surface area contributed by atoms with Crippen molar-refractivity contribution in [2.24, 2.45) is 0 Å². The molecule has 0 bridgehead atoms. The van der Waals surface area contributed by atoms with E-state index in [2.05, 4.69) is 4.98 Å². The molecule has 0 aliphatic heterocycles. The highest BCUT2D eigenvalue weighted by Gasteiger charge is 2.06. The molecule has 2 aromatic heterocycles. The number of fused-ring (bicyclic) bond motifs is 1. The van der Waals surface area contributed by atoms with Crippen LogP contribution in [0.15, 0.2) is 58.0 Å². The summed E-state index contributed by atoms with van der Waals surface area (Å²) in [6, 6.07) is 9.05. The van der Waals surface area contributed by atoms with E-state index in [-0.39, 0.29) is 11.0 Å². The lowest BCUT2D eigenvalue weighted by Gasteiger charge is -2.03. The van der Waals surface area contributed by atoms with Gasteiger partial charge in [0.1, 0.15) is 17.2 Å². The minimum atomic E-state index is -0.420. The van der Waals surface area contributed by atoms with Gasteiger partial charge in [0.05, 0.1) is 5.39 Å². The highest BCUT2D eigenvalue weighted by atomic mass is 19.1. The second kappa shape index (κ2) is 4.65. The highest BCUT2D eigenvalue weighted by molar-refractivity contribution is 5.76. The minimum Gasteiger partial charge on any atom is -0.460 e. The van der Waals surface area contributed by atoms with Gasteiger partial charge in [-0.05, 0) is 29.8 Å². The van der Waals surface area contributed by atoms with Gasteiger partial charge in [0, 0.05) is 30.9 Å². The summed E-state index contributed by atoms with van der Waals surface area (Å²) in [6.07, 6.45) is 3.83. The van der Waals surface area contributed by atoms with Crippen LogP contribution in [0.4, 0.5) is 4.39 Å². The molecule has 0 amide bonds. The molecule has 3 aromatic rings. The molecule has 0 saturated carbocycles. The molecular formula is C15H10FNO2. The van der Waals surface area contributed by atoms with Gasteiger partial charge in [-0.1, -0.05) is 0 Å². The van der Waals surface area contributed by atoms with Gasteiger partial charge in [-0.3, -0.25) is 9.78 Å². The first-order valence-electron chi connectivity index (χ1n) is 5.83. The number of rotatable bonds is 2. The van der Waals surface area contributed by atoms with Crippen molar-refractivity contribution in [3.63, 3.8) is 0 Å². The lowest BCUT2D eigenvalue weighted by molar-refractivity contribution is 0.543. The Morgan fingerprint density at radius 3 is 2.68 bits per heavy atom. The van der Waals surface area contributed by atoms with Crippen LogP contribution in [-0.4, -0.2) is 4.98 Å². The molecule has 2 heterocycles. The topological polar surface area (TPSA) is 43.1 Å². The van der Waals surface area contributed by atoms with E-state index >= 15 is 0 Å². The summed E-state index contributed by atoms with van der Waals surface area (Å²) in [6.45, 7) is 0. The molecule has 3 rings (SSSR count). The monoisotopic (exact) mass is 255 g/mol. The van der Waals surface area contributed by atoms with Crippen molar-refractivity contribution in [3.05, 3.63) is 76.2 Å². The van der Waals surface area contributed by atoms with Crippen molar-refractivity contribution in [2.45, 2.75) is 6.42 Å². The molecule has 94 valence electrons. The van der Waals surface area contributed by atoms with Crippen LogP contribution in [0.3, 0.4) is 0 Å². The van der Waals surface area contributed by atoms with Crippen LogP contribution < -0.4 is 5.43 Å². The lowest BCUT2D eigenvalue weighted by atomic mass is 10.1. The minimum absolute atomic E-state index is 0.162. The molecule has 0 spiro atoms. The lowest BCUT2D eigenvalue weighted by Crippen LogP contribution is -2.03. The van der Waals surface area contributed by atoms with E-state index in [0.717, 1.165) is 5.56 Å². The maximum atomic E-state index is 13.2. The zero-order chi connectivity index (χ0) is 13.2. The Morgan fingerprint density at radius 2 is 1.89 bits per heavy atom. The molecule has 0 aliphatic rings. The molecule has 19 heavy (non-hydrogen) atoms. The maximum absolute atomic E-state index is 13.2. The Balaban J connectivity index is 2.08. The van der Waals surface area contributed by atoms with Gasteiger partial charge in [-0.2, -0.15) is 0 Å². The predicted molar refractivity (Wildman–Crippen MR) is 69.5 cm³/mol. The van der Waals surface area contributed by atoms with Crippen molar-refractivity contribution in [2.75, 3.05) is 0 Å². The third kappa shape index (κ3) is 2.38. The standard InChI is InChI=1S/C15H10FNO2/c16-11-1-2-13-14(18)9-12(19-15(13)8-11)7-10-3-5-17-6-4-10/h1-6,8-9H,7H2. The van der Waals surface area contributed by atoms with E-state index < -0.39 is 5.82 Å². The second-order valence-electron chi connectivity index (χ2n) is 4.25. The van der Waals surface area contributed by atoms with Crippen LogP contribution in [0.2, 0.25) is 0 Å². The van der Waals surface area contributed by atoms with E-state index in [0.29, 0.717) is 17.6 Å². The molecular weight excluding hydrogens is 245 g/mol. The van der Waals surface area contributed by atoms with Crippen molar-refractivity contribution >= 4 is 11.0 Å². The summed E-state index contributed by atoms with van der Waals surface area (Å²) in [5.41, 5.74) is 1.09. The van der Waals surface area contributed by atoms with Gasteiger partial charge in [0.15, 0.2) is 5.43 Å². The highest BCUT2D eigenvalue weighted by Crippen LogP contribution is 2.16.